The van der Waals surface area contributed by atoms with Crippen molar-refractivity contribution in [3.63, 3.8) is 0 Å². The van der Waals surface area contributed by atoms with Crippen molar-refractivity contribution in [1.29, 1.82) is 0 Å². The van der Waals surface area contributed by atoms with E-state index in [9.17, 15) is 4.79 Å². The predicted octanol–water partition coefficient (Wildman–Crippen LogP) is 3.93. The van der Waals surface area contributed by atoms with Crippen molar-refractivity contribution < 1.29 is 4.79 Å². The molecule has 0 unspecified atom stereocenters. The molecule has 0 bridgehead atoms. The molecule has 0 aliphatic heterocycles. The Hall–Kier alpha value is -1.51. The molecular weight excluding hydrogens is 248 g/mol. The van der Waals surface area contributed by atoms with E-state index in [0.29, 0.717) is 11.3 Å². The van der Waals surface area contributed by atoms with Gasteiger partial charge in [0.05, 0.1) is 11.6 Å². The van der Waals surface area contributed by atoms with Gasteiger partial charge in [-0.15, -0.1) is 0 Å². The Bertz CT molecular complexity index is 396. The zero-order valence-electron chi connectivity index (χ0n) is 12.2. The second-order valence-electron chi connectivity index (χ2n) is 4.91. The molecule has 1 aliphatic carbocycles. The van der Waals surface area contributed by atoms with Gasteiger partial charge in [-0.3, -0.25) is 4.79 Å². The van der Waals surface area contributed by atoms with Crippen molar-refractivity contribution in [2.75, 3.05) is 5.73 Å². The van der Waals surface area contributed by atoms with Gasteiger partial charge >= 0.3 is 0 Å². The molecule has 1 aliphatic rings. The van der Waals surface area contributed by atoms with Crippen LogP contribution in [0.5, 0.6) is 0 Å². The van der Waals surface area contributed by atoms with Crippen LogP contribution >= 0.6 is 0 Å². The summed E-state index contributed by atoms with van der Waals surface area (Å²) in [6, 6.07) is 8.39. The Morgan fingerprint density at radius 1 is 0.950 bits per heavy atom. The molecule has 5 radical (unpaired) electrons. The van der Waals surface area contributed by atoms with Crippen molar-refractivity contribution in [2.45, 2.75) is 44.9 Å². The molecule has 0 atom stereocenters. The number of hydrogen-bond acceptors (Lipinski definition) is 2. The molecule has 1 amide bonds. The molecule has 1 aromatic carbocycles. The van der Waals surface area contributed by atoms with Gasteiger partial charge in [0.2, 0.25) is 0 Å². The van der Waals surface area contributed by atoms with Crippen molar-refractivity contribution in [3.8, 4) is 0 Å². The lowest BCUT2D eigenvalue weighted by atomic mass is 9.96. The molecule has 1 fully saturated rings. The fourth-order valence-electron chi connectivity index (χ4n) is 2.39. The van der Waals surface area contributed by atoms with Crippen LogP contribution in [-0.4, -0.2) is 5.91 Å². The Balaban J connectivity index is 0.00000180. The summed E-state index contributed by atoms with van der Waals surface area (Å²) in [6.45, 7) is 0. The predicted molar refractivity (Wildman–Crippen MR) is 84.6 cm³/mol. The van der Waals surface area contributed by atoms with Gasteiger partial charge in [-0.1, -0.05) is 59.1 Å². The minimum absolute atomic E-state index is 0. The summed E-state index contributed by atoms with van der Waals surface area (Å²) < 4.78 is 0. The standard InChI is InChI=1S/C15H21N2O.2CH2/c16-14-11-7-6-10-13(14)15(18)17-12-8-4-2-1-3-5-9-12;;/h6-7,10-11H,1-5,8-9,16H2,(H,17,18);2*1H2. The highest BCUT2D eigenvalue weighted by atomic mass is 16.1. The highest BCUT2D eigenvalue weighted by Gasteiger charge is 2.16. The van der Waals surface area contributed by atoms with E-state index in [1.54, 1.807) is 12.1 Å². The molecule has 20 heavy (non-hydrogen) atoms. The highest BCUT2D eigenvalue weighted by Crippen LogP contribution is 2.22. The van der Waals surface area contributed by atoms with Crippen LogP contribution in [0.25, 0.3) is 0 Å². The van der Waals surface area contributed by atoms with E-state index in [4.69, 9.17) is 5.73 Å². The summed E-state index contributed by atoms with van der Waals surface area (Å²) in [5.41, 5.74) is 6.93. The first-order valence-electron chi connectivity index (χ1n) is 6.78. The summed E-state index contributed by atoms with van der Waals surface area (Å²) in [5, 5.41) is 3.04. The summed E-state index contributed by atoms with van der Waals surface area (Å²) in [7, 11) is 0. The topological polar surface area (TPSA) is 55.1 Å². The maximum Gasteiger partial charge on any atom is 0.253 e. The molecule has 0 spiro atoms. The average Bonchev–Trinajstić information content (AvgIpc) is 2.33. The molecule has 0 saturated heterocycles. The molecule has 0 heterocycles. The Morgan fingerprint density at radius 2 is 1.50 bits per heavy atom. The number of rotatable bonds is 2. The highest BCUT2D eigenvalue weighted by molar-refractivity contribution is 5.99. The van der Waals surface area contributed by atoms with Crippen molar-refractivity contribution in [3.05, 3.63) is 50.7 Å². The normalized spacial score (nSPS) is 16.0. The Morgan fingerprint density at radius 3 is 2.10 bits per heavy atom. The maximum atomic E-state index is 12.1. The van der Waals surface area contributed by atoms with Gasteiger partial charge < -0.3 is 11.1 Å². The number of nitrogens with two attached hydrogens (primary N) is 1. The van der Waals surface area contributed by atoms with Crippen LogP contribution in [0.2, 0.25) is 0 Å². The zero-order valence-corrected chi connectivity index (χ0v) is 12.2. The van der Waals surface area contributed by atoms with E-state index in [-0.39, 0.29) is 20.8 Å². The van der Waals surface area contributed by atoms with Gasteiger partial charge in [0, 0.05) is 5.69 Å². The monoisotopic (exact) mass is 273 g/mol. The van der Waals surface area contributed by atoms with Crippen LogP contribution in [0, 0.1) is 20.9 Å². The Labute approximate surface area is 124 Å². The number of anilines is 1. The van der Waals surface area contributed by atoms with Crippen LogP contribution in [0.1, 0.15) is 55.3 Å². The lowest BCUT2D eigenvalue weighted by Crippen LogP contribution is -2.29. The lowest BCUT2D eigenvalue weighted by molar-refractivity contribution is 0.0952. The average molecular weight is 273 g/mol. The fraction of sp³-hybridized carbons (Fsp3) is 0.412. The number of para-hydroxylation sites is 1. The first-order valence-corrected chi connectivity index (χ1v) is 6.78. The molecule has 109 valence electrons. The number of nitrogens with one attached hydrogen (secondary N) is 1. The van der Waals surface area contributed by atoms with Gasteiger partial charge in [-0.25, -0.2) is 0 Å². The number of nitrogen functional groups attached to an aromatic ring is 1. The van der Waals surface area contributed by atoms with E-state index in [2.05, 4.69) is 5.32 Å². The van der Waals surface area contributed by atoms with E-state index >= 15 is 0 Å². The van der Waals surface area contributed by atoms with Crippen LogP contribution < -0.4 is 11.1 Å². The number of hydrogen-bond donors (Lipinski definition) is 2. The van der Waals surface area contributed by atoms with Crippen LogP contribution in [0.15, 0.2) is 24.3 Å². The number of benzene rings is 1. The van der Waals surface area contributed by atoms with Gasteiger partial charge in [0.25, 0.3) is 5.91 Å². The lowest BCUT2D eigenvalue weighted by Gasteiger charge is -2.20. The Kier molecular flexibility index (Phi) is 8.69. The first-order chi connectivity index (χ1) is 8.77. The summed E-state index contributed by atoms with van der Waals surface area (Å²) >= 11 is 0. The number of carbonyl (C=O) groups is 1. The maximum absolute atomic E-state index is 12.1. The molecule has 2 rings (SSSR count). The smallest absolute Gasteiger partial charge is 0.253 e. The number of carbonyl (C=O) groups excluding carboxylic acids is 1. The van der Waals surface area contributed by atoms with E-state index in [1.165, 1.54) is 38.1 Å². The van der Waals surface area contributed by atoms with Gasteiger partial charge in [-0.2, -0.15) is 0 Å². The molecule has 1 saturated carbocycles. The second kappa shape index (κ2) is 9.40. The number of amides is 1. The minimum Gasteiger partial charge on any atom is -0.398 e. The zero-order chi connectivity index (χ0) is 12.8. The molecule has 3 nitrogen and oxygen atoms in total. The van der Waals surface area contributed by atoms with Gasteiger partial charge in [0.15, 0.2) is 0 Å². The molecule has 3 N–H and O–H groups in total. The largest absolute Gasteiger partial charge is 0.398 e. The quantitative estimate of drug-likeness (QED) is 0.802. The van der Waals surface area contributed by atoms with Crippen LogP contribution in [0.3, 0.4) is 0 Å². The fourth-order valence-corrected chi connectivity index (χ4v) is 2.39. The third-order valence-electron chi connectivity index (χ3n) is 3.45. The van der Waals surface area contributed by atoms with E-state index < -0.39 is 0 Å². The summed E-state index contributed by atoms with van der Waals surface area (Å²) in [5.74, 6) is -0.0660. The van der Waals surface area contributed by atoms with Crippen molar-refractivity contribution in [1.82, 2.24) is 5.32 Å². The molecule has 1 aromatic rings. The third kappa shape index (κ3) is 5.24. The van der Waals surface area contributed by atoms with Crippen molar-refractivity contribution >= 4 is 11.6 Å². The summed E-state index contributed by atoms with van der Waals surface area (Å²) in [4.78, 5) is 12.1. The molecular formula is C17H25N2O. The van der Waals surface area contributed by atoms with Crippen molar-refractivity contribution in [2.24, 2.45) is 0 Å². The minimum atomic E-state index is -0.0660. The second-order valence-corrected chi connectivity index (χ2v) is 4.91. The van der Waals surface area contributed by atoms with Gasteiger partial charge in [-0.05, 0) is 25.0 Å². The molecule has 3 heteroatoms. The molecule has 0 aromatic heterocycles. The SMILES string of the molecule is Nc1ccccc1C(=O)N[C]1CCCCCCC1.[CH2].[CH2]. The third-order valence-corrected chi connectivity index (χ3v) is 3.45. The van der Waals surface area contributed by atoms with E-state index in [0.717, 1.165) is 12.8 Å². The van der Waals surface area contributed by atoms with Gasteiger partial charge in [0.1, 0.15) is 0 Å². The first kappa shape index (κ1) is 18.5. The van der Waals surface area contributed by atoms with Crippen LogP contribution in [-0.2, 0) is 0 Å². The summed E-state index contributed by atoms with van der Waals surface area (Å²) in [6.07, 6.45) is 8.25. The van der Waals surface area contributed by atoms with Crippen LogP contribution in [0.4, 0.5) is 5.69 Å². The van der Waals surface area contributed by atoms with E-state index in [1.807, 2.05) is 12.1 Å².